The van der Waals surface area contributed by atoms with Crippen LogP contribution in [0.15, 0.2) is 60.8 Å². The van der Waals surface area contributed by atoms with E-state index in [-0.39, 0.29) is 23.5 Å². The van der Waals surface area contributed by atoms with Crippen LogP contribution in [0.1, 0.15) is 41.4 Å². The first-order valence-electron chi connectivity index (χ1n) is 8.58. The lowest BCUT2D eigenvalue weighted by Gasteiger charge is -2.13. The molecular weight excluding hydrogens is 338 g/mol. The highest BCUT2D eigenvalue weighted by atomic mass is 16.1. The molecule has 0 unspecified atom stereocenters. The summed E-state index contributed by atoms with van der Waals surface area (Å²) in [4.78, 5) is 21.0. The van der Waals surface area contributed by atoms with E-state index < -0.39 is 0 Å². The van der Waals surface area contributed by atoms with Crippen molar-refractivity contribution in [2.75, 3.05) is 10.6 Å². The third kappa shape index (κ3) is 4.28. The van der Waals surface area contributed by atoms with Gasteiger partial charge < -0.3 is 10.6 Å². The van der Waals surface area contributed by atoms with Crippen molar-refractivity contribution in [3.8, 4) is 6.07 Å². The van der Waals surface area contributed by atoms with Gasteiger partial charge in [0.15, 0.2) is 0 Å². The van der Waals surface area contributed by atoms with E-state index in [1.165, 1.54) is 6.20 Å². The smallest absolute Gasteiger partial charge is 0.274 e. The van der Waals surface area contributed by atoms with Crippen molar-refractivity contribution in [2.45, 2.75) is 19.8 Å². The molecule has 0 spiro atoms. The first-order valence-corrected chi connectivity index (χ1v) is 8.58. The van der Waals surface area contributed by atoms with E-state index in [9.17, 15) is 10.1 Å². The number of hydrogen-bond donors (Lipinski definition) is 2. The van der Waals surface area contributed by atoms with Gasteiger partial charge >= 0.3 is 0 Å². The lowest BCUT2D eigenvalue weighted by molar-refractivity contribution is 0.102. The molecule has 0 saturated heterocycles. The Morgan fingerprint density at radius 3 is 2.48 bits per heavy atom. The summed E-state index contributed by atoms with van der Waals surface area (Å²) in [5.41, 5.74) is 3.12. The number of carbonyl (C=O) groups excluding carboxylic acids is 1. The molecule has 27 heavy (non-hydrogen) atoms. The Morgan fingerprint density at radius 1 is 1.04 bits per heavy atom. The van der Waals surface area contributed by atoms with Crippen molar-refractivity contribution in [3.05, 3.63) is 77.6 Å². The summed E-state index contributed by atoms with van der Waals surface area (Å²) in [5, 5.41) is 15.1. The predicted molar refractivity (Wildman–Crippen MR) is 105 cm³/mol. The monoisotopic (exact) mass is 357 g/mol. The van der Waals surface area contributed by atoms with Gasteiger partial charge in [-0.1, -0.05) is 44.2 Å². The highest BCUT2D eigenvalue weighted by molar-refractivity contribution is 6.03. The normalized spacial score (nSPS) is 10.3. The zero-order valence-corrected chi connectivity index (χ0v) is 15.1. The van der Waals surface area contributed by atoms with Crippen LogP contribution in [0.5, 0.6) is 0 Å². The van der Waals surface area contributed by atoms with E-state index in [1.54, 1.807) is 24.3 Å². The Labute approximate surface area is 157 Å². The molecule has 6 nitrogen and oxygen atoms in total. The van der Waals surface area contributed by atoms with Gasteiger partial charge in [-0.15, -0.1) is 0 Å². The number of carbonyl (C=O) groups is 1. The van der Waals surface area contributed by atoms with Gasteiger partial charge in [0.1, 0.15) is 11.8 Å². The van der Waals surface area contributed by atoms with Crippen LogP contribution < -0.4 is 10.6 Å². The second-order valence-electron chi connectivity index (χ2n) is 6.24. The highest BCUT2D eigenvalue weighted by Crippen LogP contribution is 2.24. The Kier molecular flexibility index (Phi) is 5.43. The Bertz CT molecular complexity index is 1010. The predicted octanol–water partition coefficient (Wildman–Crippen LogP) is 4.47. The summed E-state index contributed by atoms with van der Waals surface area (Å²) >= 11 is 0. The molecule has 0 radical (unpaired) electrons. The van der Waals surface area contributed by atoms with Crippen LogP contribution in [0.2, 0.25) is 0 Å². The molecule has 0 saturated carbocycles. The molecule has 1 aromatic heterocycles. The van der Waals surface area contributed by atoms with Crippen LogP contribution in [0, 0.1) is 11.3 Å². The third-order valence-corrected chi connectivity index (χ3v) is 4.01. The number of nitriles is 1. The Balaban J connectivity index is 1.82. The minimum absolute atomic E-state index is 0.237. The number of hydrogen-bond acceptors (Lipinski definition) is 5. The fourth-order valence-corrected chi connectivity index (χ4v) is 2.66. The van der Waals surface area contributed by atoms with Gasteiger partial charge in [0.25, 0.3) is 5.91 Å². The third-order valence-electron chi connectivity index (χ3n) is 4.01. The molecule has 0 aliphatic rings. The molecule has 3 aromatic rings. The van der Waals surface area contributed by atoms with Crippen LogP contribution in [-0.2, 0) is 0 Å². The number of nitrogens with one attached hydrogen (secondary N) is 2. The molecular formula is C21H19N5O. The molecule has 1 amide bonds. The maximum absolute atomic E-state index is 12.6. The van der Waals surface area contributed by atoms with E-state index in [4.69, 9.17) is 0 Å². The molecule has 0 fully saturated rings. The lowest BCUT2D eigenvalue weighted by Crippen LogP contribution is -2.16. The first-order chi connectivity index (χ1) is 13.1. The molecule has 0 aliphatic carbocycles. The van der Waals surface area contributed by atoms with Gasteiger partial charge in [0.05, 0.1) is 11.3 Å². The van der Waals surface area contributed by atoms with Crippen molar-refractivity contribution >= 4 is 23.2 Å². The number of para-hydroxylation sites is 2. The van der Waals surface area contributed by atoms with Crippen molar-refractivity contribution in [2.24, 2.45) is 0 Å². The molecule has 0 bridgehead atoms. The number of amides is 1. The highest BCUT2D eigenvalue weighted by Gasteiger charge is 2.13. The topological polar surface area (TPSA) is 90.7 Å². The SMILES string of the molecule is CC(C)c1ccccc1NC(=O)c1ccnc(Nc2ccccc2C#N)n1. The molecule has 0 aliphatic heterocycles. The van der Waals surface area contributed by atoms with E-state index in [0.717, 1.165) is 11.3 Å². The van der Waals surface area contributed by atoms with Crippen molar-refractivity contribution in [1.29, 1.82) is 5.26 Å². The van der Waals surface area contributed by atoms with E-state index in [0.29, 0.717) is 11.3 Å². The summed E-state index contributed by atoms with van der Waals surface area (Å²) in [6.45, 7) is 4.15. The van der Waals surface area contributed by atoms with Crippen LogP contribution >= 0.6 is 0 Å². The number of rotatable bonds is 5. The number of nitrogens with zero attached hydrogens (tertiary/aromatic N) is 3. The zero-order valence-electron chi connectivity index (χ0n) is 15.1. The van der Waals surface area contributed by atoms with Crippen LogP contribution in [0.3, 0.4) is 0 Å². The van der Waals surface area contributed by atoms with E-state index in [1.807, 2.05) is 30.3 Å². The molecule has 2 N–H and O–H groups in total. The maximum atomic E-state index is 12.6. The number of benzene rings is 2. The average molecular weight is 357 g/mol. The minimum atomic E-state index is -0.317. The summed E-state index contributed by atoms with van der Waals surface area (Å²) in [5.74, 6) is 0.219. The van der Waals surface area contributed by atoms with E-state index >= 15 is 0 Å². The van der Waals surface area contributed by atoms with Gasteiger partial charge in [0.2, 0.25) is 5.95 Å². The summed E-state index contributed by atoms with van der Waals surface area (Å²) in [7, 11) is 0. The van der Waals surface area contributed by atoms with Gasteiger partial charge in [-0.2, -0.15) is 5.26 Å². The number of anilines is 3. The standard InChI is InChI=1S/C21H19N5O/c1-14(2)16-8-4-6-10-18(16)24-20(27)19-11-12-23-21(26-19)25-17-9-5-3-7-15(17)13-22/h3-12,14H,1-2H3,(H,24,27)(H,23,25,26). The molecule has 134 valence electrons. The molecule has 2 aromatic carbocycles. The largest absolute Gasteiger partial charge is 0.323 e. The molecule has 6 heteroatoms. The van der Waals surface area contributed by atoms with Gasteiger partial charge in [-0.3, -0.25) is 4.79 Å². The molecule has 3 rings (SSSR count). The molecule has 0 atom stereocenters. The van der Waals surface area contributed by atoms with Crippen molar-refractivity contribution in [1.82, 2.24) is 9.97 Å². The summed E-state index contributed by atoms with van der Waals surface area (Å²) in [6, 6.07) is 18.4. The van der Waals surface area contributed by atoms with E-state index in [2.05, 4.69) is 40.5 Å². The van der Waals surface area contributed by atoms with Gasteiger partial charge in [-0.05, 0) is 35.7 Å². The van der Waals surface area contributed by atoms with Crippen LogP contribution in [-0.4, -0.2) is 15.9 Å². The van der Waals surface area contributed by atoms with Gasteiger partial charge in [-0.25, -0.2) is 9.97 Å². The number of aromatic nitrogens is 2. The fourth-order valence-electron chi connectivity index (χ4n) is 2.66. The van der Waals surface area contributed by atoms with Crippen LogP contribution in [0.25, 0.3) is 0 Å². The lowest BCUT2D eigenvalue weighted by atomic mass is 10.0. The minimum Gasteiger partial charge on any atom is -0.323 e. The average Bonchev–Trinajstić information content (AvgIpc) is 2.69. The van der Waals surface area contributed by atoms with Gasteiger partial charge in [0, 0.05) is 11.9 Å². The fraction of sp³-hybridized carbons (Fsp3) is 0.143. The Morgan fingerprint density at radius 2 is 1.74 bits per heavy atom. The van der Waals surface area contributed by atoms with Crippen molar-refractivity contribution in [3.63, 3.8) is 0 Å². The quantitative estimate of drug-likeness (QED) is 0.703. The second kappa shape index (κ2) is 8.11. The maximum Gasteiger partial charge on any atom is 0.274 e. The van der Waals surface area contributed by atoms with Crippen molar-refractivity contribution < 1.29 is 4.79 Å². The summed E-state index contributed by atoms with van der Waals surface area (Å²) in [6.07, 6.45) is 1.51. The molecule has 1 heterocycles. The zero-order chi connectivity index (χ0) is 19.2. The Hall–Kier alpha value is -3.72. The summed E-state index contributed by atoms with van der Waals surface area (Å²) < 4.78 is 0. The first kappa shape index (κ1) is 18.1. The van der Waals surface area contributed by atoms with Crippen LogP contribution in [0.4, 0.5) is 17.3 Å². The second-order valence-corrected chi connectivity index (χ2v) is 6.24.